The van der Waals surface area contributed by atoms with Crippen LogP contribution in [0.5, 0.6) is 11.5 Å². The number of carbonyl (C=O) groups excluding carboxylic acids is 2. The van der Waals surface area contributed by atoms with E-state index >= 15 is 0 Å². The number of amides is 1. The van der Waals surface area contributed by atoms with E-state index in [1.54, 1.807) is 23.1 Å². The van der Waals surface area contributed by atoms with Crippen LogP contribution in [0.2, 0.25) is 5.02 Å². The fourth-order valence-corrected chi connectivity index (χ4v) is 5.22. The van der Waals surface area contributed by atoms with Crippen LogP contribution in [0.25, 0.3) is 6.08 Å². The van der Waals surface area contributed by atoms with Gasteiger partial charge in [0.2, 0.25) is 0 Å². The maximum atomic E-state index is 13.0. The van der Waals surface area contributed by atoms with E-state index in [0.717, 1.165) is 25.7 Å². The van der Waals surface area contributed by atoms with Gasteiger partial charge in [-0.15, -0.1) is 0 Å². The Labute approximate surface area is 190 Å². The number of rotatable bonds is 7. The molecular formula is C21H24ClNO5S2. The van der Waals surface area contributed by atoms with Gasteiger partial charge in [-0.05, 0) is 43.5 Å². The summed E-state index contributed by atoms with van der Waals surface area (Å²) in [6.07, 6.45) is 7.21. The maximum absolute atomic E-state index is 13.0. The molecule has 1 saturated carbocycles. The average molecular weight is 470 g/mol. The molecule has 162 valence electrons. The van der Waals surface area contributed by atoms with Crippen molar-refractivity contribution in [1.82, 2.24) is 4.90 Å². The van der Waals surface area contributed by atoms with Gasteiger partial charge in [0.1, 0.15) is 4.32 Å². The number of hydrogen-bond donors (Lipinski definition) is 0. The molecule has 9 heteroatoms. The molecule has 1 heterocycles. The first-order valence-corrected chi connectivity index (χ1v) is 11.5. The predicted molar refractivity (Wildman–Crippen MR) is 122 cm³/mol. The van der Waals surface area contributed by atoms with Crippen molar-refractivity contribution in [3.63, 3.8) is 0 Å². The lowest BCUT2D eigenvalue weighted by Crippen LogP contribution is -2.39. The highest BCUT2D eigenvalue weighted by Crippen LogP contribution is 2.40. The SMILES string of the molecule is CCOc1cc(/C=C2/SC(=S)N(C3CCCCC3)C2=O)cc(Cl)c1OCC(=O)OC. The zero-order chi connectivity index (χ0) is 21.7. The highest BCUT2D eigenvalue weighted by molar-refractivity contribution is 8.26. The second kappa shape index (κ2) is 10.5. The van der Waals surface area contributed by atoms with Gasteiger partial charge in [-0.1, -0.05) is 54.8 Å². The van der Waals surface area contributed by atoms with Crippen molar-refractivity contribution in [3.8, 4) is 11.5 Å². The molecule has 0 unspecified atom stereocenters. The van der Waals surface area contributed by atoms with Gasteiger partial charge < -0.3 is 14.2 Å². The molecule has 1 aliphatic carbocycles. The van der Waals surface area contributed by atoms with Crippen molar-refractivity contribution in [2.45, 2.75) is 45.1 Å². The largest absolute Gasteiger partial charge is 0.490 e. The first-order valence-electron chi connectivity index (χ1n) is 9.87. The molecule has 0 bridgehead atoms. The summed E-state index contributed by atoms with van der Waals surface area (Å²) in [5.74, 6) is 0.0692. The fourth-order valence-electron chi connectivity index (χ4n) is 3.55. The van der Waals surface area contributed by atoms with E-state index in [1.807, 2.05) is 6.92 Å². The van der Waals surface area contributed by atoms with Crippen LogP contribution in [0, 0.1) is 0 Å². The molecule has 3 rings (SSSR count). The van der Waals surface area contributed by atoms with Crippen molar-refractivity contribution in [3.05, 3.63) is 27.6 Å². The molecule has 0 aromatic heterocycles. The summed E-state index contributed by atoms with van der Waals surface area (Å²) in [5.41, 5.74) is 0.693. The summed E-state index contributed by atoms with van der Waals surface area (Å²) in [6.45, 7) is 1.94. The summed E-state index contributed by atoms with van der Waals surface area (Å²) >= 11 is 13.2. The van der Waals surface area contributed by atoms with Crippen molar-refractivity contribution >= 4 is 57.9 Å². The van der Waals surface area contributed by atoms with Crippen molar-refractivity contribution in [2.75, 3.05) is 20.3 Å². The summed E-state index contributed by atoms with van der Waals surface area (Å²) in [4.78, 5) is 26.7. The van der Waals surface area contributed by atoms with Crippen LogP contribution >= 0.6 is 35.6 Å². The average Bonchev–Trinajstić information content (AvgIpc) is 3.01. The van der Waals surface area contributed by atoms with Gasteiger partial charge in [-0.3, -0.25) is 9.69 Å². The molecule has 1 saturated heterocycles. The van der Waals surface area contributed by atoms with E-state index in [9.17, 15) is 9.59 Å². The van der Waals surface area contributed by atoms with Gasteiger partial charge in [0.15, 0.2) is 18.1 Å². The number of thiocarbonyl (C=S) groups is 1. The zero-order valence-corrected chi connectivity index (χ0v) is 19.3. The van der Waals surface area contributed by atoms with Crippen LogP contribution in [0.1, 0.15) is 44.6 Å². The fraction of sp³-hybridized carbons (Fsp3) is 0.476. The Balaban J connectivity index is 1.84. The van der Waals surface area contributed by atoms with Crippen LogP contribution in [0.4, 0.5) is 0 Å². The van der Waals surface area contributed by atoms with Crippen molar-refractivity contribution < 1.29 is 23.8 Å². The second-order valence-electron chi connectivity index (χ2n) is 6.97. The standard InChI is InChI=1S/C21H24ClNO5S2/c1-3-27-16-10-13(9-15(22)19(16)28-12-18(24)26-2)11-17-20(25)23(21(29)30-17)14-7-5-4-6-8-14/h9-11,14H,3-8,12H2,1-2H3/b17-11+. The monoisotopic (exact) mass is 469 g/mol. The topological polar surface area (TPSA) is 65.1 Å². The van der Waals surface area contributed by atoms with Gasteiger partial charge >= 0.3 is 5.97 Å². The number of esters is 1. The smallest absolute Gasteiger partial charge is 0.343 e. The Morgan fingerprint density at radius 2 is 2.03 bits per heavy atom. The minimum Gasteiger partial charge on any atom is -0.490 e. The van der Waals surface area contributed by atoms with Gasteiger partial charge in [-0.25, -0.2) is 4.79 Å². The Kier molecular flexibility index (Phi) is 8.02. The van der Waals surface area contributed by atoms with E-state index in [2.05, 4.69) is 4.74 Å². The quantitative estimate of drug-likeness (QED) is 0.322. The van der Waals surface area contributed by atoms with Gasteiger partial charge in [-0.2, -0.15) is 0 Å². The van der Waals surface area contributed by atoms with E-state index in [-0.39, 0.29) is 29.3 Å². The summed E-state index contributed by atoms with van der Waals surface area (Å²) in [6, 6.07) is 3.59. The van der Waals surface area contributed by atoms with Crippen LogP contribution < -0.4 is 9.47 Å². The zero-order valence-electron chi connectivity index (χ0n) is 16.9. The number of methoxy groups -OCH3 is 1. The summed E-state index contributed by atoms with van der Waals surface area (Å²) in [5, 5.41) is 0.277. The number of nitrogens with zero attached hydrogens (tertiary/aromatic N) is 1. The first-order chi connectivity index (χ1) is 14.4. The molecule has 1 amide bonds. The normalized spacial score (nSPS) is 18.8. The van der Waals surface area contributed by atoms with Crippen LogP contribution in [0.3, 0.4) is 0 Å². The minimum atomic E-state index is -0.524. The summed E-state index contributed by atoms with van der Waals surface area (Å²) in [7, 11) is 1.28. The molecule has 30 heavy (non-hydrogen) atoms. The van der Waals surface area contributed by atoms with Crippen molar-refractivity contribution in [1.29, 1.82) is 0 Å². The number of hydrogen-bond acceptors (Lipinski definition) is 7. The number of carbonyl (C=O) groups is 2. The lowest BCUT2D eigenvalue weighted by molar-refractivity contribution is -0.142. The van der Waals surface area contributed by atoms with Gasteiger partial charge in [0.05, 0.1) is 23.6 Å². The number of ether oxygens (including phenoxy) is 3. The van der Waals surface area contributed by atoms with Crippen molar-refractivity contribution in [2.24, 2.45) is 0 Å². The Hall–Kier alpha value is -1.77. The third-order valence-electron chi connectivity index (χ3n) is 4.95. The molecule has 0 atom stereocenters. The summed E-state index contributed by atoms with van der Waals surface area (Å²) < 4.78 is 16.3. The van der Waals surface area contributed by atoms with Gasteiger partial charge in [0.25, 0.3) is 5.91 Å². The lowest BCUT2D eigenvalue weighted by atomic mass is 9.94. The molecular weight excluding hydrogens is 446 g/mol. The molecule has 1 aromatic rings. The van der Waals surface area contributed by atoms with E-state index in [0.29, 0.717) is 27.1 Å². The molecule has 0 radical (unpaired) electrons. The highest BCUT2D eigenvalue weighted by atomic mass is 35.5. The van der Waals surface area contributed by atoms with E-state index < -0.39 is 5.97 Å². The molecule has 0 spiro atoms. The third-order valence-corrected chi connectivity index (χ3v) is 6.57. The van der Waals surface area contributed by atoms with E-state index in [1.165, 1.54) is 25.3 Å². The number of benzene rings is 1. The van der Waals surface area contributed by atoms with Crippen LogP contribution in [-0.4, -0.2) is 47.5 Å². The Morgan fingerprint density at radius 3 is 2.70 bits per heavy atom. The lowest BCUT2D eigenvalue weighted by Gasteiger charge is -2.29. The highest BCUT2D eigenvalue weighted by Gasteiger charge is 2.37. The molecule has 2 fully saturated rings. The van der Waals surface area contributed by atoms with Crippen LogP contribution in [-0.2, 0) is 14.3 Å². The Bertz CT molecular complexity index is 867. The predicted octanol–water partition coefficient (Wildman–Crippen LogP) is 4.82. The molecule has 0 N–H and O–H groups in total. The van der Waals surface area contributed by atoms with Crippen LogP contribution in [0.15, 0.2) is 17.0 Å². The number of halogens is 1. The van der Waals surface area contributed by atoms with E-state index in [4.69, 9.17) is 33.3 Å². The second-order valence-corrected chi connectivity index (χ2v) is 9.05. The minimum absolute atomic E-state index is 0.0583. The maximum Gasteiger partial charge on any atom is 0.343 e. The Morgan fingerprint density at radius 1 is 1.30 bits per heavy atom. The molecule has 1 aliphatic heterocycles. The third kappa shape index (κ3) is 5.28. The number of thioether (sulfide) groups is 1. The molecule has 1 aromatic carbocycles. The van der Waals surface area contributed by atoms with Gasteiger partial charge in [0, 0.05) is 6.04 Å². The molecule has 6 nitrogen and oxygen atoms in total. The first kappa shape index (κ1) is 22.9. The molecule has 2 aliphatic rings.